The summed E-state index contributed by atoms with van der Waals surface area (Å²) >= 11 is 5.92. The highest BCUT2D eigenvalue weighted by Crippen LogP contribution is 2.37. The van der Waals surface area contributed by atoms with E-state index in [1.165, 1.54) is 24.6 Å². The largest absolute Gasteiger partial charge is 0.524 e. The Bertz CT molecular complexity index is 896. The molecule has 8 nitrogen and oxygen atoms in total. The van der Waals surface area contributed by atoms with Gasteiger partial charge in [-0.05, 0) is 24.8 Å². The van der Waals surface area contributed by atoms with E-state index in [4.69, 9.17) is 21.4 Å². The van der Waals surface area contributed by atoms with Crippen LogP contribution in [0.4, 0.5) is 4.39 Å². The summed E-state index contributed by atoms with van der Waals surface area (Å²) in [5.74, 6) is -1.03. The van der Waals surface area contributed by atoms with Gasteiger partial charge in [0.25, 0.3) is 5.91 Å². The van der Waals surface area contributed by atoms with Crippen LogP contribution in [0.1, 0.15) is 35.3 Å². The number of amides is 1. The van der Waals surface area contributed by atoms with Crippen molar-refractivity contribution in [2.24, 2.45) is 5.92 Å². The van der Waals surface area contributed by atoms with Crippen molar-refractivity contribution in [1.82, 2.24) is 15.1 Å². The van der Waals surface area contributed by atoms with E-state index in [2.05, 4.69) is 14.9 Å². The average molecular weight is 418 g/mol. The van der Waals surface area contributed by atoms with Gasteiger partial charge in [-0.1, -0.05) is 24.1 Å². The molecule has 1 aromatic heterocycles. The van der Waals surface area contributed by atoms with Crippen molar-refractivity contribution in [3.63, 3.8) is 0 Å². The lowest BCUT2D eigenvalue weighted by Gasteiger charge is -2.25. The van der Waals surface area contributed by atoms with E-state index in [9.17, 15) is 13.8 Å². The number of phosphoric ester groups is 1. The molecule has 1 aliphatic carbocycles. The molecule has 1 aromatic carbocycles. The number of halogens is 2. The van der Waals surface area contributed by atoms with Crippen molar-refractivity contribution >= 4 is 25.3 Å². The lowest BCUT2D eigenvalue weighted by molar-refractivity contribution is 0.0936. The number of hydrogen-bond donors (Lipinski definition) is 3. The molecule has 11 heteroatoms. The monoisotopic (exact) mass is 417 g/mol. The van der Waals surface area contributed by atoms with Crippen LogP contribution in [0.25, 0.3) is 0 Å². The number of carbonyl (C=O) groups excluding carboxylic acids is 1. The summed E-state index contributed by atoms with van der Waals surface area (Å²) in [7, 11) is -4.77. The number of rotatable bonds is 7. The maximum Gasteiger partial charge on any atom is 0.524 e. The van der Waals surface area contributed by atoms with Gasteiger partial charge in [-0.3, -0.25) is 19.3 Å². The lowest BCUT2D eigenvalue weighted by atomic mass is 9.85. The maximum atomic E-state index is 14.1. The van der Waals surface area contributed by atoms with Crippen LogP contribution < -0.4 is 9.84 Å². The van der Waals surface area contributed by atoms with E-state index in [0.29, 0.717) is 18.2 Å². The molecule has 146 valence electrons. The molecule has 0 bridgehead atoms. The van der Waals surface area contributed by atoms with Gasteiger partial charge in [-0.2, -0.15) is 5.10 Å². The fourth-order valence-electron chi connectivity index (χ4n) is 2.76. The van der Waals surface area contributed by atoms with Crippen molar-refractivity contribution in [2.45, 2.75) is 32.4 Å². The van der Waals surface area contributed by atoms with E-state index in [-0.39, 0.29) is 23.0 Å². The lowest BCUT2D eigenvalue weighted by Crippen LogP contribution is -2.28. The summed E-state index contributed by atoms with van der Waals surface area (Å²) in [4.78, 5) is 29.9. The van der Waals surface area contributed by atoms with Crippen molar-refractivity contribution in [3.8, 4) is 5.75 Å². The predicted octanol–water partition coefficient (Wildman–Crippen LogP) is 2.88. The third-order valence-corrected chi connectivity index (χ3v) is 4.96. The molecule has 0 unspecified atom stereocenters. The van der Waals surface area contributed by atoms with Crippen molar-refractivity contribution < 1.29 is 28.1 Å². The summed E-state index contributed by atoms with van der Waals surface area (Å²) < 4.78 is 30.7. The van der Waals surface area contributed by atoms with Gasteiger partial charge in [0.05, 0.1) is 0 Å². The SMILES string of the molecule is O=C(NCc1ccc(OP(=O)(O)O)cc1F)c1cc(Cl)nn1CC1CCC1. The average Bonchev–Trinajstić information content (AvgIpc) is 2.89. The smallest absolute Gasteiger partial charge is 0.404 e. The van der Waals surface area contributed by atoms with Gasteiger partial charge in [0.1, 0.15) is 17.3 Å². The van der Waals surface area contributed by atoms with Gasteiger partial charge < -0.3 is 9.84 Å². The second-order valence-electron chi connectivity index (χ2n) is 6.35. The summed E-state index contributed by atoms with van der Waals surface area (Å²) in [6.45, 7) is 0.491. The summed E-state index contributed by atoms with van der Waals surface area (Å²) in [5.41, 5.74) is 0.436. The second kappa shape index (κ2) is 7.98. The van der Waals surface area contributed by atoms with Crippen LogP contribution >= 0.6 is 19.4 Å². The van der Waals surface area contributed by atoms with E-state index >= 15 is 0 Å². The van der Waals surface area contributed by atoms with Crippen LogP contribution in [0, 0.1) is 11.7 Å². The van der Waals surface area contributed by atoms with E-state index in [1.54, 1.807) is 4.68 Å². The zero-order valence-corrected chi connectivity index (χ0v) is 15.8. The molecule has 0 spiro atoms. The number of benzene rings is 1. The molecule has 3 rings (SSSR count). The Hall–Kier alpha value is -1.93. The molecule has 0 radical (unpaired) electrons. The number of nitrogens with zero attached hydrogens (tertiary/aromatic N) is 2. The summed E-state index contributed by atoms with van der Waals surface area (Å²) in [6.07, 6.45) is 3.35. The van der Waals surface area contributed by atoms with Crippen molar-refractivity contribution in [3.05, 3.63) is 46.5 Å². The molecule has 0 atom stereocenters. The number of nitrogens with one attached hydrogen (secondary N) is 1. The van der Waals surface area contributed by atoms with Crippen molar-refractivity contribution in [2.75, 3.05) is 0 Å². The van der Waals surface area contributed by atoms with Gasteiger partial charge in [0.15, 0.2) is 5.15 Å². The topological polar surface area (TPSA) is 114 Å². The Balaban J connectivity index is 1.64. The van der Waals surface area contributed by atoms with E-state index in [1.807, 2.05) is 0 Å². The van der Waals surface area contributed by atoms with Gasteiger partial charge >= 0.3 is 7.82 Å². The molecule has 1 heterocycles. The first-order valence-electron chi connectivity index (χ1n) is 8.26. The molecule has 27 heavy (non-hydrogen) atoms. The molecule has 1 fully saturated rings. The molecular weight excluding hydrogens is 400 g/mol. The maximum absolute atomic E-state index is 14.1. The minimum atomic E-state index is -4.77. The number of phosphoric acid groups is 1. The minimum absolute atomic E-state index is 0.118. The van der Waals surface area contributed by atoms with Crippen LogP contribution in [0.2, 0.25) is 5.15 Å². The Morgan fingerprint density at radius 3 is 2.74 bits per heavy atom. The van der Waals surface area contributed by atoms with Crippen molar-refractivity contribution in [1.29, 1.82) is 0 Å². The van der Waals surface area contributed by atoms with Crippen LogP contribution in [0.15, 0.2) is 24.3 Å². The first-order valence-corrected chi connectivity index (χ1v) is 10.2. The second-order valence-corrected chi connectivity index (χ2v) is 7.90. The number of carbonyl (C=O) groups is 1. The first-order chi connectivity index (χ1) is 12.7. The Morgan fingerprint density at radius 1 is 1.41 bits per heavy atom. The Morgan fingerprint density at radius 2 is 2.15 bits per heavy atom. The van der Waals surface area contributed by atoms with Gasteiger partial charge in [-0.15, -0.1) is 0 Å². The molecular formula is C16H18ClFN3O5P. The minimum Gasteiger partial charge on any atom is -0.404 e. The van der Waals surface area contributed by atoms with Crippen LogP contribution in [0.5, 0.6) is 5.75 Å². The van der Waals surface area contributed by atoms with Gasteiger partial charge in [0, 0.05) is 30.8 Å². The van der Waals surface area contributed by atoms with Gasteiger partial charge in [-0.25, -0.2) is 8.96 Å². The third-order valence-electron chi connectivity index (χ3n) is 4.33. The molecule has 0 saturated heterocycles. The molecule has 2 aromatic rings. The first kappa shape index (κ1) is 19.8. The molecule has 1 aliphatic rings. The zero-order valence-electron chi connectivity index (χ0n) is 14.1. The van der Waals surface area contributed by atoms with Gasteiger partial charge in [0.2, 0.25) is 0 Å². The van der Waals surface area contributed by atoms with Crippen LogP contribution in [-0.2, 0) is 17.7 Å². The molecule has 0 aliphatic heterocycles. The standard InChI is InChI=1S/C16H18ClFN3O5P/c17-15-7-14(21(20-15)9-10-2-1-3-10)16(22)19-8-11-4-5-12(6-13(11)18)26-27(23,24)25/h4-7,10H,1-3,8-9H2,(H,19,22)(H2,23,24,25). The highest BCUT2D eigenvalue weighted by atomic mass is 35.5. The predicted molar refractivity (Wildman–Crippen MR) is 94.8 cm³/mol. The molecule has 1 saturated carbocycles. The highest BCUT2D eigenvalue weighted by molar-refractivity contribution is 7.46. The fraction of sp³-hybridized carbons (Fsp3) is 0.375. The van der Waals surface area contributed by atoms with E-state index < -0.39 is 19.5 Å². The fourth-order valence-corrected chi connectivity index (χ4v) is 3.34. The molecule has 1 amide bonds. The van der Waals surface area contributed by atoms with Crippen LogP contribution in [-0.4, -0.2) is 25.5 Å². The molecule has 3 N–H and O–H groups in total. The third kappa shape index (κ3) is 5.29. The number of aromatic nitrogens is 2. The quantitative estimate of drug-likeness (QED) is 0.597. The Kier molecular flexibility index (Phi) is 5.86. The summed E-state index contributed by atoms with van der Waals surface area (Å²) in [6, 6.07) is 4.79. The van der Waals surface area contributed by atoms with E-state index in [0.717, 1.165) is 18.9 Å². The normalized spacial score (nSPS) is 14.7. The van der Waals surface area contributed by atoms with Crippen LogP contribution in [0.3, 0.4) is 0 Å². The summed E-state index contributed by atoms with van der Waals surface area (Å²) in [5, 5.41) is 6.94. The zero-order chi connectivity index (χ0) is 19.6. The Labute approximate surface area is 159 Å². The number of hydrogen-bond acceptors (Lipinski definition) is 4. The highest BCUT2D eigenvalue weighted by Gasteiger charge is 2.22.